The zero-order chi connectivity index (χ0) is 29.9. The molecule has 212 valence electrons. The highest BCUT2D eigenvalue weighted by atomic mass is 28.3. The van der Waals surface area contributed by atoms with E-state index >= 15 is 0 Å². The van der Waals surface area contributed by atoms with Crippen molar-refractivity contribution in [3.05, 3.63) is 129 Å². The molecule has 5 rings (SSSR count). The maximum Gasteiger partial charge on any atom is 0.180 e. The minimum absolute atomic E-state index is 0.0399. The van der Waals surface area contributed by atoms with E-state index in [4.69, 9.17) is 0 Å². The minimum Gasteiger partial charge on any atom is -0.0679 e. The van der Waals surface area contributed by atoms with Crippen molar-refractivity contribution in [1.29, 1.82) is 0 Å². The molecule has 4 aromatic rings. The second-order valence-corrected chi connectivity index (χ2v) is 18.5. The highest BCUT2D eigenvalue weighted by Gasteiger charge is 2.47. The molecule has 41 heavy (non-hydrogen) atoms. The lowest BCUT2D eigenvalue weighted by atomic mass is 9.81. The van der Waals surface area contributed by atoms with E-state index in [0.717, 1.165) is 6.42 Å². The summed E-state index contributed by atoms with van der Waals surface area (Å²) in [7, 11) is -2.77. The largest absolute Gasteiger partial charge is 0.180 e. The molecule has 1 aliphatic carbocycles. The van der Waals surface area contributed by atoms with Gasteiger partial charge >= 0.3 is 0 Å². The summed E-state index contributed by atoms with van der Waals surface area (Å²) in [5.41, 5.74) is 12.7. The molecule has 0 heterocycles. The average Bonchev–Trinajstić information content (AvgIpc) is 3.18. The summed E-state index contributed by atoms with van der Waals surface area (Å²) >= 11 is 0. The van der Waals surface area contributed by atoms with Crippen LogP contribution in [0.2, 0.25) is 0 Å². The molecule has 0 aromatic heterocycles. The van der Waals surface area contributed by atoms with E-state index in [0.29, 0.717) is 0 Å². The molecule has 0 unspecified atom stereocenters. The fourth-order valence-corrected chi connectivity index (χ4v) is 12.8. The summed E-state index contributed by atoms with van der Waals surface area (Å²) in [6.07, 6.45) is 1.03. The molecular formula is C40H48Si. The van der Waals surface area contributed by atoms with Crippen LogP contribution in [0.25, 0.3) is 5.20 Å². The third kappa shape index (κ3) is 5.30. The van der Waals surface area contributed by atoms with Gasteiger partial charge in [0.2, 0.25) is 0 Å². The normalized spacial score (nSPS) is 14.0. The first-order valence-electron chi connectivity index (χ1n) is 15.2. The van der Waals surface area contributed by atoms with Gasteiger partial charge < -0.3 is 0 Å². The molecule has 0 fully saturated rings. The number of benzene rings is 4. The molecular weight excluding hydrogens is 509 g/mol. The molecule has 0 bridgehead atoms. The highest BCUT2D eigenvalue weighted by Crippen LogP contribution is 2.40. The molecule has 0 amide bonds. The molecule has 0 radical (unpaired) electrons. The monoisotopic (exact) mass is 556 g/mol. The van der Waals surface area contributed by atoms with Gasteiger partial charge in [-0.1, -0.05) is 148 Å². The Morgan fingerprint density at radius 1 is 0.512 bits per heavy atom. The summed E-state index contributed by atoms with van der Waals surface area (Å²) < 4.78 is 0. The molecule has 0 spiro atoms. The predicted octanol–water partition coefficient (Wildman–Crippen LogP) is 8.55. The Morgan fingerprint density at radius 2 is 0.927 bits per heavy atom. The van der Waals surface area contributed by atoms with Gasteiger partial charge in [-0.2, -0.15) is 0 Å². The SMILES string of the molecule is CC1=C([Si](c2cc(C)cc(C)c2)(c2cc(C)cc(C)c2)c2cc(C(C)(C)C)cc(C(C)(C)C)c2)c2ccccc2C1. The van der Waals surface area contributed by atoms with Crippen LogP contribution < -0.4 is 15.6 Å². The number of aryl methyl sites for hydroxylation is 4. The van der Waals surface area contributed by atoms with Gasteiger partial charge in [0, 0.05) is 0 Å². The van der Waals surface area contributed by atoms with E-state index in [2.05, 4.69) is 155 Å². The van der Waals surface area contributed by atoms with Crippen molar-refractivity contribution >= 4 is 28.8 Å². The fourth-order valence-electron chi connectivity index (χ4n) is 7.07. The maximum atomic E-state index is 2.60. The Balaban J connectivity index is 2.07. The summed E-state index contributed by atoms with van der Waals surface area (Å²) in [5.74, 6) is 0. The maximum absolute atomic E-state index is 2.77. The predicted molar refractivity (Wildman–Crippen MR) is 183 cm³/mol. The van der Waals surface area contributed by atoms with Crippen LogP contribution >= 0.6 is 0 Å². The lowest BCUT2D eigenvalue weighted by Crippen LogP contribution is -2.68. The van der Waals surface area contributed by atoms with Crippen molar-refractivity contribution in [1.82, 2.24) is 0 Å². The van der Waals surface area contributed by atoms with E-state index in [-0.39, 0.29) is 10.8 Å². The Morgan fingerprint density at radius 3 is 1.37 bits per heavy atom. The van der Waals surface area contributed by atoms with Gasteiger partial charge in [0.05, 0.1) is 0 Å². The van der Waals surface area contributed by atoms with Crippen molar-refractivity contribution in [3.63, 3.8) is 0 Å². The Kier molecular flexibility index (Phi) is 7.36. The lowest BCUT2D eigenvalue weighted by Gasteiger charge is -2.39. The van der Waals surface area contributed by atoms with Crippen molar-refractivity contribution < 1.29 is 0 Å². The lowest BCUT2D eigenvalue weighted by molar-refractivity contribution is 0.569. The average molecular weight is 557 g/mol. The fraction of sp³-hybridized carbons (Fsp3) is 0.350. The number of hydrogen-bond acceptors (Lipinski definition) is 0. The minimum atomic E-state index is -2.77. The van der Waals surface area contributed by atoms with Gasteiger partial charge in [0.15, 0.2) is 8.07 Å². The summed E-state index contributed by atoms with van der Waals surface area (Å²) in [6, 6.07) is 31.6. The zero-order valence-electron chi connectivity index (χ0n) is 27.2. The number of allylic oxidation sites excluding steroid dienone is 1. The highest BCUT2D eigenvalue weighted by molar-refractivity contribution is 7.23. The van der Waals surface area contributed by atoms with Crippen molar-refractivity contribution in [2.75, 3.05) is 0 Å². The van der Waals surface area contributed by atoms with Crippen LogP contribution in [0.4, 0.5) is 0 Å². The van der Waals surface area contributed by atoms with Crippen LogP contribution in [-0.2, 0) is 17.3 Å². The molecule has 0 atom stereocenters. The smallest absolute Gasteiger partial charge is 0.0679 e. The van der Waals surface area contributed by atoms with E-state index in [1.54, 1.807) is 5.20 Å². The van der Waals surface area contributed by atoms with Crippen LogP contribution in [0.15, 0.2) is 84.4 Å². The molecule has 0 saturated carbocycles. The van der Waals surface area contributed by atoms with Gasteiger partial charge in [-0.25, -0.2) is 0 Å². The van der Waals surface area contributed by atoms with Gasteiger partial charge in [-0.05, 0) is 94.9 Å². The first-order valence-corrected chi connectivity index (χ1v) is 17.2. The number of hydrogen-bond donors (Lipinski definition) is 0. The van der Waals surface area contributed by atoms with E-state index < -0.39 is 8.07 Å². The van der Waals surface area contributed by atoms with Gasteiger partial charge in [-0.15, -0.1) is 0 Å². The Hall–Kier alpha value is -3.16. The van der Waals surface area contributed by atoms with Crippen LogP contribution in [0, 0.1) is 27.7 Å². The molecule has 0 nitrogen and oxygen atoms in total. The molecule has 0 saturated heterocycles. The zero-order valence-corrected chi connectivity index (χ0v) is 28.2. The molecule has 0 aliphatic heterocycles. The Bertz CT molecular complexity index is 1540. The van der Waals surface area contributed by atoms with Crippen LogP contribution in [0.3, 0.4) is 0 Å². The van der Waals surface area contributed by atoms with Gasteiger partial charge in [-0.3, -0.25) is 0 Å². The molecule has 0 N–H and O–H groups in total. The number of rotatable bonds is 4. The second kappa shape index (κ2) is 10.3. The molecule has 1 aliphatic rings. The number of fused-ring (bicyclic) bond motifs is 1. The third-order valence-electron chi connectivity index (χ3n) is 8.95. The standard InChI is InChI=1S/C40H48Si/c1-26-16-27(2)19-34(18-26)41(35-20-28(3)17-29(4)21-35,38-30(5)22-31-14-12-13-15-37(31)38)36-24-32(39(6,7)8)23-33(25-36)40(9,10)11/h12-21,23-25H,22H2,1-11H3. The van der Waals surface area contributed by atoms with E-state index in [1.165, 1.54) is 65.6 Å². The quantitative estimate of drug-likeness (QED) is 0.174. The molecule has 4 aromatic carbocycles. The second-order valence-electron chi connectivity index (χ2n) is 14.8. The van der Waals surface area contributed by atoms with Gasteiger partial charge in [0.1, 0.15) is 0 Å². The summed E-state index contributed by atoms with van der Waals surface area (Å²) in [6.45, 7) is 25.7. The van der Waals surface area contributed by atoms with Crippen molar-refractivity contribution in [2.45, 2.75) is 93.4 Å². The van der Waals surface area contributed by atoms with Crippen LogP contribution in [-0.4, -0.2) is 8.07 Å². The van der Waals surface area contributed by atoms with Crippen LogP contribution in [0.1, 0.15) is 93.0 Å². The topological polar surface area (TPSA) is 0 Å². The summed E-state index contributed by atoms with van der Waals surface area (Å²) in [5, 5.41) is 6.10. The molecule has 1 heteroatoms. The van der Waals surface area contributed by atoms with Gasteiger partial charge in [0.25, 0.3) is 0 Å². The first kappa shape index (κ1) is 29.3. The van der Waals surface area contributed by atoms with E-state index in [9.17, 15) is 0 Å². The van der Waals surface area contributed by atoms with Crippen molar-refractivity contribution in [3.8, 4) is 0 Å². The first-order chi connectivity index (χ1) is 19.1. The van der Waals surface area contributed by atoms with E-state index in [1.807, 2.05) is 0 Å². The summed E-state index contributed by atoms with van der Waals surface area (Å²) in [4.78, 5) is 0. The van der Waals surface area contributed by atoms with Crippen molar-refractivity contribution in [2.24, 2.45) is 0 Å². The third-order valence-corrected chi connectivity index (χ3v) is 13.9. The Labute approximate surface area is 250 Å². The van der Waals surface area contributed by atoms with Crippen LogP contribution in [0.5, 0.6) is 0 Å².